The minimum absolute atomic E-state index is 0.0286. The molecule has 33 heavy (non-hydrogen) atoms. The standard InChI is InChI=1S/C26H29ClN2O3S/c1-29-22-16-19(25(30)28-14-13-17-3-8-20(27)9-4-17)7-12-23(22)33-24(26(29)31)15-18-5-10-21(32-2)11-6-18/h3-6,8-11,15,19,22-23H,7,12-14,16H2,1-2H3,(H,28,30)/b24-15-. The molecule has 2 aliphatic rings. The Balaban J connectivity index is 1.33. The molecular formula is C26H29ClN2O3S. The van der Waals surface area contributed by atoms with Gasteiger partial charge in [-0.15, -0.1) is 11.8 Å². The second-order valence-electron chi connectivity index (χ2n) is 8.60. The van der Waals surface area contributed by atoms with Gasteiger partial charge in [0.1, 0.15) is 5.75 Å². The van der Waals surface area contributed by atoms with E-state index in [1.54, 1.807) is 18.9 Å². The van der Waals surface area contributed by atoms with Crippen molar-refractivity contribution in [3.8, 4) is 5.75 Å². The van der Waals surface area contributed by atoms with E-state index < -0.39 is 0 Å². The Bertz CT molecular complexity index is 1020. The van der Waals surface area contributed by atoms with Crippen LogP contribution < -0.4 is 10.1 Å². The van der Waals surface area contributed by atoms with Crippen LogP contribution in [0.1, 0.15) is 30.4 Å². The molecule has 1 saturated carbocycles. The van der Waals surface area contributed by atoms with Gasteiger partial charge in [-0.25, -0.2) is 0 Å². The summed E-state index contributed by atoms with van der Waals surface area (Å²) in [5.74, 6) is 0.856. The summed E-state index contributed by atoms with van der Waals surface area (Å²) in [6, 6.07) is 15.5. The molecule has 1 saturated heterocycles. The Morgan fingerprint density at radius 2 is 1.91 bits per heavy atom. The minimum Gasteiger partial charge on any atom is -0.497 e. The van der Waals surface area contributed by atoms with Crippen molar-refractivity contribution in [3.63, 3.8) is 0 Å². The second-order valence-corrected chi connectivity index (χ2v) is 10.3. The summed E-state index contributed by atoms with van der Waals surface area (Å²) < 4.78 is 5.21. The topological polar surface area (TPSA) is 58.6 Å². The third kappa shape index (κ3) is 5.74. The zero-order chi connectivity index (χ0) is 23.4. The summed E-state index contributed by atoms with van der Waals surface area (Å²) in [7, 11) is 3.50. The van der Waals surface area contributed by atoms with Gasteiger partial charge < -0.3 is 15.0 Å². The van der Waals surface area contributed by atoms with E-state index in [1.165, 1.54) is 0 Å². The number of benzene rings is 2. The van der Waals surface area contributed by atoms with Crippen LogP contribution in [0.2, 0.25) is 5.02 Å². The normalized spacial score (nSPS) is 23.8. The van der Waals surface area contributed by atoms with Gasteiger partial charge in [0, 0.05) is 35.8 Å². The monoisotopic (exact) mass is 484 g/mol. The molecule has 0 radical (unpaired) electrons. The van der Waals surface area contributed by atoms with Gasteiger partial charge in [0.15, 0.2) is 0 Å². The van der Waals surface area contributed by atoms with Crippen molar-refractivity contribution in [3.05, 3.63) is 69.6 Å². The number of nitrogens with one attached hydrogen (secondary N) is 1. The number of halogens is 1. The Morgan fingerprint density at radius 1 is 1.18 bits per heavy atom. The minimum atomic E-state index is -0.0561. The molecular weight excluding hydrogens is 456 g/mol. The number of fused-ring (bicyclic) bond motifs is 1. The van der Waals surface area contributed by atoms with Crippen LogP contribution in [-0.4, -0.2) is 48.7 Å². The SMILES string of the molecule is COc1ccc(/C=C2\SC3CCC(C(=O)NCCc4ccc(Cl)cc4)CC3N(C)C2=O)cc1. The Labute approximate surface area is 204 Å². The first-order valence-electron chi connectivity index (χ1n) is 11.3. The number of rotatable bonds is 6. The van der Waals surface area contributed by atoms with E-state index in [2.05, 4.69) is 5.32 Å². The van der Waals surface area contributed by atoms with Gasteiger partial charge in [-0.2, -0.15) is 0 Å². The van der Waals surface area contributed by atoms with Gasteiger partial charge in [0.2, 0.25) is 5.91 Å². The fraction of sp³-hybridized carbons (Fsp3) is 0.385. The summed E-state index contributed by atoms with van der Waals surface area (Å²) in [5, 5.41) is 4.11. The predicted molar refractivity (Wildman–Crippen MR) is 134 cm³/mol. The summed E-state index contributed by atoms with van der Waals surface area (Å²) in [6.07, 6.45) is 5.20. The number of ether oxygens (including phenoxy) is 1. The highest BCUT2D eigenvalue weighted by atomic mass is 35.5. The van der Waals surface area contributed by atoms with Gasteiger partial charge in [-0.1, -0.05) is 35.9 Å². The number of methoxy groups -OCH3 is 1. The summed E-state index contributed by atoms with van der Waals surface area (Å²) in [4.78, 5) is 28.4. The van der Waals surface area contributed by atoms with E-state index in [4.69, 9.17) is 16.3 Å². The van der Waals surface area contributed by atoms with E-state index in [1.807, 2.05) is 66.6 Å². The fourth-order valence-electron chi connectivity index (χ4n) is 4.51. The summed E-state index contributed by atoms with van der Waals surface area (Å²) >= 11 is 7.59. The van der Waals surface area contributed by atoms with E-state index in [0.29, 0.717) is 23.2 Å². The smallest absolute Gasteiger partial charge is 0.260 e. The molecule has 1 N–H and O–H groups in total. The Morgan fingerprint density at radius 3 is 2.61 bits per heavy atom. The van der Waals surface area contributed by atoms with Crippen LogP contribution in [0.3, 0.4) is 0 Å². The molecule has 2 amide bonds. The number of thioether (sulfide) groups is 1. The molecule has 5 nitrogen and oxygen atoms in total. The van der Waals surface area contributed by atoms with E-state index in [-0.39, 0.29) is 23.8 Å². The van der Waals surface area contributed by atoms with Crippen LogP contribution >= 0.6 is 23.4 Å². The number of carbonyl (C=O) groups is 2. The molecule has 7 heteroatoms. The van der Waals surface area contributed by atoms with Crippen LogP contribution in [0.4, 0.5) is 0 Å². The lowest BCUT2D eigenvalue weighted by molar-refractivity contribution is -0.131. The zero-order valence-corrected chi connectivity index (χ0v) is 20.5. The van der Waals surface area contributed by atoms with E-state index in [0.717, 1.165) is 41.0 Å². The first kappa shape index (κ1) is 23.7. The molecule has 174 valence electrons. The average Bonchev–Trinajstić information content (AvgIpc) is 2.84. The Kier molecular flexibility index (Phi) is 7.66. The highest BCUT2D eigenvalue weighted by Gasteiger charge is 2.42. The van der Waals surface area contributed by atoms with Gasteiger partial charge >= 0.3 is 0 Å². The molecule has 3 atom stereocenters. The van der Waals surface area contributed by atoms with Crippen LogP contribution in [-0.2, 0) is 16.0 Å². The van der Waals surface area contributed by atoms with Crippen molar-refractivity contribution in [1.29, 1.82) is 0 Å². The number of amides is 2. The molecule has 2 aromatic rings. The highest BCUT2D eigenvalue weighted by molar-refractivity contribution is 8.04. The van der Waals surface area contributed by atoms with Crippen molar-refractivity contribution in [2.24, 2.45) is 5.92 Å². The number of carbonyl (C=O) groups excluding carboxylic acids is 2. The summed E-state index contributed by atoms with van der Waals surface area (Å²) in [6.45, 7) is 0.601. The summed E-state index contributed by atoms with van der Waals surface area (Å²) in [5.41, 5.74) is 2.13. The maximum absolute atomic E-state index is 13.0. The number of nitrogens with zero attached hydrogens (tertiary/aromatic N) is 1. The molecule has 3 unspecified atom stereocenters. The zero-order valence-electron chi connectivity index (χ0n) is 18.9. The van der Waals surface area contributed by atoms with Crippen molar-refractivity contribution in [2.75, 3.05) is 20.7 Å². The number of likely N-dealkylation sites (N-methyl/N-ethyl adjacent to an activating group) is 1. The first-order chi connectivity index (χ1) is 15.9. The van der Waals surface area contributed by atoms with E-state index >= 15 is 0 Å². The molecule has 1 aliphatic heterocycles. The van der Waals surface area contributed by atoms with Crippen LogP contribution in [0.15, 0.2) is 53.4 Å². The second kappa shape index (κ2) is 10.7. The largest absolute Gasteiger partial charge is 0.497 e. The maximum Gasteiger partial charge on any atom is 0.260 e. The number of hydrogen-bond acceptors (Lipinski definition) is 4. The van der Waals surface area contributed by atoms with Crippen LogP contribution in [0, 0.1) is 5.92 Å². The molecule has 1 heterocycles. The molecule has 0 spiro atoms. The third-order valence-corrected chi connectivity index (χ3v) is 8.12. The van der Waals surface area contributed by atoms with Gasteiger partial charge in [0.25, 0.3) is 5.91 Å². The predicted octanol–water partition coefficient (Wildman–Crippen LogP) is 4.79. The van der Waals surface area contributed by atoms with E-state index in [9.17, 15) is 9.59 Å². The van der Waals surface area contributed by atoms with Crippen molar-refractivity contribution < 1.29 is 14.3 Å². The van der Waals surface area contributed by atoms with Crippen LogP contribution in [0.25, 0.3) is 6.08 Å². The molecule has 0 bridgehead atoms. The lowest BCUT2D eigenvalue weighted by Crippen LogP contribution is -2.52. The lowest BCUT2D eigenvalue weighted by Gasteiger charge is -2.44. The van der Waals surface area contributed by atoms with Crippen molar-refractivity contribution in [2.45, 2.75) is 37.0 Å². The highest BCUT2D eigenvalue weighted by Crippen LogP contribution is 2.43. The van der Waals surface area contributed by atoms with Crippen LogP contribution in [0.5, 0.6) is 5.75 Å². The van der Waals surface area contributed by atoms with Crippen molar-refractivity contribution in [1.82, 2.24) is 10.2 Å². The molecule has 1 aliphatic carbocycles. The first-order valence-corrected chi connectivity index (χ1v) is 12.5. The van der Waals surface area contributed by atoms with Gasteiger partial charge in [0.05, 0.1) is 12.0 Å². The fourth-order valence-corrected chi connectivity index (χ4v) is 6.12. The van der Waals surface area contributed by atoms with Crippen molar-refractivity contribution >= 4 is 41.3 Å². The lowest BCUT2D eigenvalue weighted by atomic mass is 9.83. The third-order valence-electron chi connectivity index (χ3n) is 6.47. The number of hydrogen-bond donors (Lipinski definition) is 1. The molecule has 4 rings (SSSR count). The Hall–Kier alpha value is -2.44. The quantitative estimate of drug-likeness (QED) is 0.599. The molecule has 2 fully saturated rings. The average molecular weight is 485 g/mol. The maximum atomic E-state index is 13.0. The molecule has 0 aromatic heterocycles. The van der Waals surface area contributed by atoms with Gasteiger partial charge in [-0.05, 0) is 67.2 Å². The van der Waals surface area contributed by atoms with Gasteiger partial charge in [-0.3, -0.25) is 9.59 Å². The molecule has 2 aromatic carbocycles.